The molecule has 1 N–H and O–H groups in total. The lowest BCUT2D eigenvalue weighted by Gasteiger charge is -2.62. The molecule has 126 valence electrons. The third kappa shape index (κ3) is 1.42. The van der Waals surface area contributed by atoms with Crippen LogP contribution in [0.2, 0.25) is 0 Å². The van der Waals surface area contributed by atoms with E-state index in [0.717, 1.165) is 42.8 Å². The lowest BCUT2D eigenvalue weighted by Crippen LogP contribution is -2.76. The number of aliphatic hydroxyl groups is 1. The van der Waals surface area contributed by atoms with Gasteiger partial charge in [0.05, 0.1) is 11.0 Å². The van der Waals surface area contributed by atoms with Gasteiger partial charge in [-0.05, 0) is 37.3 Å². The summed E-state index contributed by atoms with van der Waals surface area (Å²) < 4.78 is 6.23. The van der Waals surface area contributed by atoms with Gasteiger partial charge in [0.15, 0.2) is 11.9 Å². The number of ketones is 1. The first-order chi connectivity index (χ1) is 11.5. The first-order valence-corrected chi connectivity index (χ1v) is 8.92. The van der Waals surface area contributed by atoms with Crippen LogP contribution in [0, 0.1) is 6.92 Å². The summed E-state index contributed by atoms with van der Waals surface area (Å²) >= 11 is 0. The predicted molar refractivity (Wildman–Crippen MR) is 90.3 cm³/mol. The summed E-state index contributed by atoms with van der Waals surface area (Å²) in [7, 11) is 0. The van der Waals surface area contributed by atoms with Gasteiger partial charge in [-0.2, -0.15) is 0 Å². The Morgan fingerprint density at radius 2 is 2.29 bits per heavy atom. The van der Waals surface area contributed by atoms with Gasteiger partial charge >= 0.3 is 0 Å². The fourth-order valence-corrected chi connectivity index (χ4v) is 5.95. The van der Waals surface area contributed by atoms with Crippen molar-refractivity contribution in [3.8, 4) is 5.75 Å². The maximum atomic E-state index is 12.7. The van der Waals surface area contributed by atoms with Crippen LogP contribution in [0.1, 0.15) is 36.0 Å². The molecule has 1 saturated carbocycles. The van der Waals surface area contributed by atoms with Crippen LogP contribution in [0.25, 0.3) is 0 Å². The summed E-state index contributed by atoms with van der Waals surface area (Å²) in [6.07, 6.45) is 3.93. The Bertz CT molecular complexity index is 772. The van der Waals surface area contributed by atoms with Gasteiger partial charge < -0.3 is 9.84 Å². The van der Waals surface area contributed by atoms with Crippen LogP contribution >= 0.6 is 0 Å². The highest BCUT2D eigenvalue weighted by Crippen LogP contribution is 2.63. The molecular formula is C20H23NO3. The maximum absolute atomic E-state index is 12.7. The minimum Gasteiger partial charge on any atom is -0.481 e. The standard InChI is InChI=1S/C20H23NO3/c1-3-9-21-10-8-19-16-13-5-4-12(2)17(16)24-18(19)14(22)6-7-20(19,23)15(21)11-13/h3-5,15,18,23H,1,6-11H2,2H3/t15-,18?,19+,20-/m0/s1. The average Bonchev–Trinajstić information content (AvgIpc) is 2.91. The van der Waals surface area contributed by atoms with Crippen molar-refractivity contribution in [2.75, 3.05) is 13.1 Å². The summed E-state index contributed by atoms with van der Waals surface area (Å²) in [4.78, 5) is 15.1. The summed E-state index contributed by atoms with van der Waals surface area (Å²) in [5.41, 5.74) is 2.01. The molecule has 1 saturated heterocycles. The maximum Gasteiger partial charge on any atom is 0.174 e. The third-order valence-electron chi connectivity index (χ3n) is 6.95. The number of piperidine rings is 1. The zero-order valence-electron chi connectivity index (χ0n) is 14.0. The highest BCUT2D eigenvalue weighted by molar-refractivity contribution is 5.89. The van der Waals surface area contributed by atoms with E-state index < -0.39 is 17.1 Å². The van der Waals surface area contributed by atoms with Gasteiger partial charge in [0.2, 0.25) is 0 Å². The molecule has 4 aliphatic rings. The monoisotopic (exact) mass is 325 g/mol. The number of hydrogen-bond acceptors (Lipinski definition) is 4. The highest BCUT2D eigenvalue weighted by atomic mass is 16.5. The van der Waals surface area contributed by atoms with E-state index in [1.54, 1.807) is 0 Å². The molecule has 4 heteroatoms. The Labute approximate surface area is 142 Å². The average molecular weight is 325 g/mol. The molecule has 2 heterocycles. The largest absolute Gasteiger partial charge is 0.481 e. The van der Waals surface area contributed by atoms with Gasteiger partial charge in [-0.3, -0.25) is 9.69 Å². The van der Waals surface area contributed by atoms with Crippen LogP contribution in [0.15, 0.2) is 24.8 Å². The molecule has 5 rings (SSSR count). The Balaban J connectivity index is 1.80. The number of nitrogens with zero attached hydrogens (tertiary/aromatic N) is 1. The second-order valence-corrected chi connectivity index (χ2v) is 7.86. The van der Waals surface area contributed by atoms with Crippen molar-refractivity contribution in [3.05, 3.63) is 41.5 Å². The number of rotatable bonds is 2. The smallest absolute Gasteiger partial charge is 0.174 e. The molecule has 2 fully saturated rings. The van der Waals surface area contributed by atoms with E-state index in [1.807, 2.05) is 13.0 Å². The number of benzene rings is 1. The molecule has 4 atom stereocenters. The van der Waals surface area contributed by atoms with Crippen LogP contribution in [0.4, 0.5) is 0 Å². The zero-order valence-corrected chi connectivity index (χ0v) is 14.0. The highest BCUT2D eigenvalue weighted by Gasteiger charge is 2.72. The molecule has 1 unspecified atom stereocenters. The number of aryl methyl sites for hydroxylation is 1. The minimum absolute atomic E-state index is 0.0320. The molecular weight excluding hydrogens is 302 g/mol. The van der Waals surface area contributed by atoms with Crippen LogP contribution in [-0.4, -0.2) is 46.6 Å². The number of carbonyl (C=O) groups is 1. The van der Waals surface area contributed by atoms with E-state index in [9.17, 15) is 9.90 Å². The number of ether oxygens (including phenoxy) is 1. The van der Waals surface area contributed by atoms with Crippen molar-refractivity contribution in [1.82, 2.24) is 4.90 Å². The number of hydrogen-bond donors (Lipinski definition) is 1. The van der Waals surface area contributed by atoms with Gasteiger partial charge in [0.1, 0.15) is 5.75 Å². The molecule has 2 aliphatic heterocycles. The van der Waals surface area contributed by atoms with Gasteiger partial charge in [-0.1, -0.05) is 18.2 Å². The first-order valence-electron chi connectivity index (χ1n) is 8.92. The molecule has 0 aromatic heterocycles. The summed E-state index contributed by atoms with van der Waals surface area (Å²) in [5.74, 6) is 1.01. The van der Waals surface area contributed by atoms with Crippen molar-refractivity contribution in [3.63, 3.8) is 0 Å². The topological polar surface area (TPSA) is 49.8 Å². The molecule has 2 bridgehead atoms. The minimum atomic E-state index is -0.890. The zero-order chi connectivity index (χ0) is 16.7. The van der Waals surface area contributed by atoms with Crippen LogP contribution in [0.3, 0.4) is 0 Å². The molecule has 0 amide bonds. The molecule has 4 nitrogen and oxygen atoms in total. The lowest BCUT2D eigenvalue weighted by atomic mass is 9.49. The summed E-state index contributed by atoms with van der Waals surface area (Å²) in [6.45, 7) is 7.56. The van der Waals surface area contributed by atoms with E-state index in [0.29, 0.717) is 12.8 Å². The van der Waals surface area contributed by atoms with Crippen LogP contribution in [0.5, 0.6) is 5.75 Å². The van der Waals surface area contributed by atoms with E-state index in [1.165, 1.54) is 5.56 Å². The molecule has 2 aliphatic carbocycles. The quantitative estimate of drug-likeness (QED) is 0.844. The first kappa shape index (κ1) is 14.7. The Morgan fingerprint density at radius 1 is 1.46 bits per heavy atom. The van der Waals surface area contributed by atoms with E-state index in [-0.39, 0.29) is 11.8 Å². The van der Waals surface area contributed by atoms with Gasteiger partial charge in [0.25, 0.3) is 0 Å². The molecule has 1 aromatic rings. The number of Topliss-reactive ketones (excluding diaryl/α,β-unsaturated/α-hetero) is 1. The van der Waals surface area contributed by atoms with E-state index >= 15 is 0 Å². The van der Waals surface area contributed by atoms with Gasteiger partial charge in [-0.15, -0.1) is 6.58 Å². The van der Waals surface area contributed by atoms with Crippen molar-refractivity contribution in [1.29, 1.82) is 0 Å². The van der Waals surface area contributed by atoms with Crippen molar-refractivity contribution in [2.24, 2.45) is 0 Å². The van der Waals surface area contributed by atoms with E-state index in [4.69, 9.17) is 4.74 Å². The number of likely N-dealkylation sites (tertiary alicyclic amines) is 1. The normalized spacial score (nSPS) is 39.3. The second-order valence-electron chi connectivity index (χ2n) is 7.86. The van der Waals surface area contributed by atoms with Crippen molar-refractivity contribution >= 4 is 5.78 Å². The van der Waals surface area contributed by atoms with Crippen molar-refractivity contribution in [2.45, 2.75) is 55.8 Å². The molecule has 24 heavy (non-hydrogen) atoms. The molecule has 1 spiro atoms. The van der Waals surface area contributed by atoms with Crippen LogP contribution in [-0.2, 0) is 16.6 Å². The summed E-state index contributed by atoms with van der Waals surface area (Å²) in [5, 5.41) is 11.9. The van der Waals surface area contributed by atoms with Crippen molar-refractivity contribution < 1.29 is 14.6 Å². The molecule has 1 aromatic carbocycles. The molecule has 0 radical (unpaired) electrons. The van der Waals surface area contributed by atoms with Gasteiger partial charge in [-0.25, -0.2) is 0 Å². The second kappa shape index (κ2) is 4.50. The van der Waals surface area contributed by atoms with Gasteiger partial charge in [0, 0.05) is 31.1 Å². The third-order valence-corrected chi connectivity index (χ3v) is 6.95. The fraction of sp³-hybridized carbons (Fsp3) is 0.550. The summed E-state index contributed by atoms with van der Waals surface area (Å²) in [6, 6.07) is 4.29. The SMILES string of the molecule is C=CCN1CC[C@@]23c4c5ccc(C)c4OC2C(=O)CC[C@]3(O)[C@@H]1C5. The lowest BCUT2D eigenvalue weighted by molar-refractivity contribution is -0.187. The Kier molecular flexibility index (Phi) is 2.75. The Morgan fingerprint density at radius 3 is 3.08 bits per heavy atom. The fourth-order valence-electron chi connectivity index (χ4n) is 5.95. The van der Waals surface area contributed by atoms with E-state index in [2.05, 4.69) is 23.6 Å². The predicted octanol–water partition coefficient (Wildman–Crippen LogP) is 1.90. The Hall–Kier alpha value is -1.65. The van der Waals surface area contributed by atoms with Crippen LogP contribution < -0.4 is 4.74 Å². The number of carbonyl (C=O) groups excluding carboxylic acids is 1.